The molecular weight excluding hydrogens is 356 g/mol. The molecule has 0 spiro atoms. The maximum atomic E-state index is 12.2. The van der Waals surface area contributed by atoms with Crippen LogP contribution in [0.5, 0.6) is 5.75 Å². The molecule has 1 aliphatic carbocycles. The molecule has 1 atom stereocenters. The van der Waals surface area contributed by atoms with Gasteiger partial charge in [-0.2, -0.15) is 0 Å². The predicted molar refractivity (Wildman–Crippen MR) is 101 cm³/mol. The van der Waals surface area contributed by atoms with Crippen LogP contribution in [0.15, 0.2) is 24.3 Å². The average Bonchev–Trinajstić information content (AvgIpc) is 3.18. The van der Waals surface area contributed by atoms with E-state index in [2.05, 4.69) is 15.4 Å². The lowest BCUT2D eigenvalue weighted by Crippen LogP contribution is -2.47. The normalized spacial score (nSPS) is 25.0. The zero-order valence-electron chi connectivity index (χ0n) is 15.0. The minimum Gasteiger partial charge on any atom is -0.490 e. The number of nitrogens with one attached hydrogen (secondary N) is 2. The van der Waals surface area contributed by atoms with Crippen molar-refractivity contribution in [3.8, 4) is 5.75 Å². The minimum absolute atomic E-state index is 0. The highest BCUT2D eigenvalue weighted by Gasteiger charge is 2.27. The van der Waals surface area contributed by atoms with E-state index in [0.717, 1.165) is 50.8 Å². The van der Waals surface area contributed by atoms with Crippen molar-refractivity contribution >= 4 is 24.3 Å². The van der Waals surface area contributed by atoms with Crippen LogP contribution in [0.25, 0.3) is 0 Å². The lowest BCUT2D eigenvalue weighted by atomic mass is 9.92. The third-order valence-corrected chi connectivity index (χ3v) is 4.98. The van der Waals surface area contributed by atoms with Gasteiger partial charge in [-0.25, -0.2) is 4.79 Å². The van der Waals surface area contributed by atoms with Crippen LogP contribution in [0.1, 0.15) is 48.9 Å². The Morgan fingerprint density at radius 1 is 1.08 bits per heavy atom. The van der Waals surface area contributed by atoms with E-state index in [1.165, 1.54) is 7.11 Å². The van der Waals surface area contributed by atoms with Crippen LogP contribution in [0, 0.1) is 0 Å². The number of ether oxygens (including phenoxy) is 2. The second-order valence-electron chi connectivity index (χ2n) is 6.76. The average molecular weight is 383 g/mol. The van der Waals surface area contributed by atoms with Crippen LogP contribution in [0.2, 0.25) is 0 Å². The van der Waals surface area contributed by atoms with E-state index in [9.17, 15) is 9.59 Å². The highest BCUT2D eigenvalue weighted by molar-refractivity contribution is 5.89. The zero-order valence-corrected chi connectivity index (χ0v) is 15.8. The summed E-state index contributed by atoms with van der Waals surface area (Å²) in [4.78, 5) is 23.6. The molecule has 1 aromatic carbocycles. The Balaban J connectivity index is 0.00000243. The number of halogens is 1. The number of hydrogen-bond donors (Lipinski definition) is 2. The van der Waals surface area contributed by atoms with E-state index >= 15 is 0 Å². The topological polar surface area (TPSA) is 76.7 Å². The molecule has 6 nitrogen and oxygen atoms in total. The Hall–Kier alpha value is -1.79. The summed E-state index contributed by atoms with van der Waals surface area (Å²) in [6.07, 6.45) is 5.87. The fourth-order valence-electron chi connectivity index (χ4n) is 3.52. The van der Waals surface area contributed by atoms with Crippen molar-refractivity contribution < 1.29 is 19.1 Å². The number of benzene rings is 1. The van der Waals surface area contributed by atoms with Gasteiger partial charge < -0.3 is 20.1 Å². The molecule has 1 saturated carbocycles. The molecule has 0 bridgehead atoms. The summed E-state index contributed by atoms with van der Waals surface area (Å²) < 4.78 is 10.7. The quantitative estimate of drug-likeness (QED) is 0.765. The van der Waals surface area contributed by atoms with Crippen molar-refractivity contribution in [3.63, 3.8) is 0 Å². The smallest absolute Gasteiger partial charge is 0.337 e. The monoisotopic (exact) mass is 382 g/mol. The summed E-state index contributed by atoms with van der Waals surface area (Å²) in [5.41, 5.74) is 0.516. The van der Waals surface area contributed by atoms with Crippen LogP contribution >= 0.6 is 12.4 Å². The van der Waals surface area contributed by atoms with Gasteiger partial charge in [-0.05, 0) is 69.3 Å². The largest absolute Gasteiger partial charge is 0.490 e. The van der Waals surface area contributed by atoms with Crippen molar-refractivity contribution in [3.05, 3.63) is 29.8 Å². The summed E-state index contributed by atoms with van der Waals surface area (Å²) in [7, 11) is 1.37. The summed E-state index contributed by atoms with van der Waals surface area (Å²) in [6.45, 7) is 0.938. The molecule has 2 fully saturated rings. The van der Waals surface area contributed by atoms with E-state index in [1.807, 2.05) is 0 Å². The molecule has 0 unspecified atom stereocenters. The first-order valence-electron chi connectivity index (χ1n) is 9.04. The molecule has 1 saturated heterocycles. The molecule has 2 aliphatic rings. The summed E-state index contributed by atoms with van der Waals surface area (Å²) >= 11 is 0. The van der Waals surface area contributed by atoms with Gasteiger partial charge in [0.2, 0.25) is 5.91 Å². The van der Waals surface area contributed by atoms with Crippen molar-refractivity contribution in [1.29, 1.82) is 0 Å². The van der Waals surface area contributed by atoms with E-state index in [4.69, 9.17) is 4.74 Å². The van der Waals surface area contributed by atoms with Crippen LogP contribution in [0.4, 0.5) is 0 Å². The lowest BCUT2D eigenvalue weighted by Gasteiger charge is -2.30. The highest BCUT2D eigenvalue weighted by Crippen LogP contribution is 2.24. The Morgan fingerprint density at radius 2 is 1.77 bits per heavy atom. The van der Waals surface area contributed by atoms with Crippen LogP contribution in [-0.4, -0.2) is 43.7 Å². The van der Waals surface area contributed by atoms with E-state index in [-0.39, 0.29) is 42.5 Å². The van der Waals surface area contributed by atoms with Crippen LogP contribution in [0.3, 0.4) is 0 Å². The van der Waals surface area contributed by atoms with E-state index in [1.54, 1.807) is 24.3 Å². The van der Waals surface area contributed by atoms with E-state index in [0.29, 0.717) is 5.56 Å². The summed E-state index contributed by atoms with van der Waals surface area (Å²) in [6, 6.07) is 7.25. The first-order chi connectivity index (χ1) is 12.2. The fraction of sp³-hybridized carbons (Fsp3) is 0.579. The van der Waals surface area contributed by atoms with Gasteiger partial charge in [0.1, 0.15) is 5.75 Å². The van der Waals surface area contributed by atoms with Gasteiger partial charge in [-0.3, -0.25) is 4.79 Å². The number of amides is 1. The third kappa shape index (κ3) is 5.35. The van der Waals surface area contributed by atoms with Gasteiger partial charge >= 0.3 is 5.97 Å². The maximum absolute atomic E-state index is 12.2. The van der Waals surface area contributed by atoms with Crippen molar-refractivity contribution in [1.82, 2.24) is 10.6 Å². The van der Waals surface area contributed by atoms with Crippen molar-refractivity contribution in [2.24, 2.45) is 0 Å². The van der Waals surface area contributed by atoms with Crippen LogP contribution in [-0.2, 0) is 9.53 Å². The van der Waals surface area contributed by atoms with E-state index < -0.39 is 0 Å². The number of methoxy groups -OCH3 is 1. The Morgan fingerprint density at radius 3 is 2.35 bits per heavy atom. The molecule has 144 valence electrons. The van der Waals surface area contributed by atoms with Crippen molar-refractivity contribution in [2.45, 2.75) is 56.7 Å². The molecule has 1 aliphatic heterocycles. The van der Waals surface area contributed by atoms with Gasteiger partial charge in [0.15, 0.2) is 0 Å². The molecule has 1 aromatic rings. The Labute approximate surface area is 160 Å². The predicted octanol–water partition coefficient (Wildman–Crippen LogP) is 2.45. The number of carbonyl (C=O) groups is 2. The first-order valence-corrected chi connectivity index (χ1v) is 9.04. The number of rotatable bonds is 5. The van der Waals surface area contributed by atoms with Gasteiger partial charge in [-0.1, -0.05) is 0 Å². The molecule has 1 amide bonds. The standard InChI is InChI=1S/C19H26N2O4.ClH/c1-24-19(23)13-4-8-15(9-5-13)25-16-10-6-14(7-11-16)21-18(22)17-3-2-12-20-17;/h4-5,8-9,14,16-17,20H,2-3,6-7,10-12H2,1H3,(H,21,22);1H/t14?,16?,17-;/m1./s1. The van der Waals surface area contributed by atoms with Crippen LogP contribution < -0.4 is 15.4 Å². The summed E-state index contributed by atoms with van der Waals surface area (Å²) in [5.74, 6) is 0.551. The molecule has 3 rings (SSSR count). The van der Waals surface area contributed by atoms with Gasteiger partial charge in [0.25, 0.3) is 0 Å². The second kappa shape index (κ2) is 9.78. The molecule has 7 heteroatoms. The lowest BCUT2D eigenvalue weighted by molar-refractivity contribution is -0.123. The molecule has 0 radical (unpaired) electrons. The molecule has 2 N–H and O–H groups in total. The van der Waals surface area contributed by atoms with Gasteiger partial charge in [-0.15, -0.1) is 12.4 Å². The molecular formula is C19H27ClN2O4. The summed E-state index contributed by atoms with van der Waals surface area (Å²) in [5, 5.41) is 6.40. The third-order valence-electron chi connectivity index (χ3n) is 4.98. The SMILES string of the molecule is COC(=O)c1ccc(OC2CCC(NC(=O)[C@H]3CCCN3)CC2)cc1.Cl. The Kier molecular flexibility index (Phi) is 7.72. The van der Waals surface area contributed by atoms with Crippen molar-refractivity contribution in [2.75, 3.05) is 13.7 Å². The first kappa shape index (κ1) is 20.5. The van der Waals surface area contributed by atoms with Gasteiger partial charge in [0.05, 0.1) is 24.8 Å². The fourth-order valence-corrected chi connectivity index (χ4v) is 3.52. The second-order valence-corrected chi connectivity index (χ2v) is 6.76. The Bertz CT molecular complexity index is 594. The number of hydrogen-bond acceptors (Lipinski definition) is 5. The zero-order chi connectivity index (χ0) is 17.6. The molecule has 0 aromatic heterocycles. The molecule has 26 heavy (non-hydrogen) atoms. The molecule has 1 heterocycles. The number of esters is 1. The maximum Gasteiger partial charge on any atom is 0.337 e. The number of carbonyl (C=O) groups excluding carboxylic acids is 2. The van der Waals surface area contributed by atoms with Gasteiger partial charge in [0, 0.05) is 6.04 Å². The highest BCUT2D eigenvalue weighted by atomic mass is 35.5. The minimum atomic E-state index is -0.348.